The molecule has 0 spiro atoms. The van der Waals surface area contributed by atoms with Gasteiger partial charge in [0, 0.05) is 31.4 Å². The largest absolute Gasteiger partial charge is 0.381 e. The number of fused-ring (bicyclic) bond motifs is 1. The molecule has 1 aromatic carbocycles. The van der Waals surface area contributed by atoms with E-state index in [1.54, 1.807) is 11.3 Å². The SMILES string of the molecule is CC(C)c1nc2ccc(NC(=O)C3(CN)CCOCC3)cc2s1.Cl. The molecule has 0 unspecified atom stereocenters. The lowest BCUT2D eigenvalue weighted by atomic mass is 9.79. The predicted octanol–water partition coefficient (Wildman–Crippen LogP) is 3.54. The molecule has 1 saturated heterocycles. The van der Waals surface area contributed by atoms with Gasteiger partial charge in [0.1, 0.15) is 0 Å². The first-order chi connectivity index (χ1) is 11.0. The number of ether oxygens (including phenoxy) is 1. The number of amides is 1. The number of nitrogens with two attached hydrogens (primary N) is 1. The van der Waals surface area contributed by atoms with Crippen molar-refractivity contribution in [1.29, 1.82) is 0 Å². The second-order valence-electron chi connectivity index (χ2n) is 6.44. The lowest BCUT2D eigenvalue weighted by Gasteiger charge is -2.34. The minimum Gasteiger partial charge on any atom is -0.381 e. The summed E-state index contributed by atoms with van der Waals surface area (Å²) in [4.78, 5) is 17.3. The van der Waals surface area contributed by atoms with Gasteiger partial charge in [0.25, 0.3) is 0 Å². The lowest BCUT2D eigenvalue weighted by Crippen LogP contribution is -2.46. The standard InChI is InChI=1S/C17H23N3O2S.ClH/c1-11(2)15-20-13-4-3-12(9-14(13)23-15)19-16(21)17(10-18)5-7-22-8-6-17;/h3-4,9,11H,5-8,10,18H2,1-2H3,(H,19,21);1H. The highest BCUT2D eigenvalue weighted by atomic mass is 35.5. The van der Waals surface area contributed by atoms with Gasteiger partial charge in [0.2, 0.25) is 5.91 Å². The molecule has 2 aromatic rings. The average molecular weight is 370 g/mol. The summed E-state index contributed by atoms with van der Waals surface area (Å²) in [5.74, 6) is 0.407. The summed E-state index contributed by atoms with van der Waals surface area (Å²) >= 11 is 1.68. The van der Waals surface area contributed by atoms with E-state index in [2.05, 4.69) is 24.1 Å². The van der Waals surface area contributed by atoms with Crippen LogP contribution in [-0.4, -0.2) is 30.6 Å². The highest BCUT2D eigenvalue weighted by Crippen LogP contribution is 2.33. The van der Waals surface area contributed by atoms with Crippen molar-refractivity contribution in [1.82, 2.24) is 4.98 Å². The van der Waals surface area contributed by atoms with Gasteiger partial charge in [-0.2, -0.15) is 0 Å². The van der Waals surface area contributed by atoms with Crippen LogP contribution in [0.1, 0.15) is 37.6 Å². The number of thiazole rings is 1. The molecule has 0 bridgehead atoms. The summed E-state index contributed by atoms with van der Waals surface area (Å²) in [7, 11) is 0. The molecule has 0 aliphatic carbocycles. The van der Waals surface area contributed by atoms with Crippen LogP contribution in [-0.2, 0) is 9.53 Å². The number of nitrogens with zero attached hydrogens (tertiary/aromatic N) is 1. The fourth-order valence-corrected chi connectivity index (χ4v) is 3.83. The summed E-state index contributed by atoms with van der Waals surface area (Å²) in [5.41, 5.74) is 7.17. The third-order valence-corrected chi connectivity index (χ3v) is 5.80. The molecular weight excluding hydrogens is 346 g/mol. The number of benzene rings is 1. The van der Waals surface area contributed by atoms with Crippen LogP contribution in [0.25, 0.3) is 10.2 Å². The molecule has 0 saturated carbocycles. The average Bonchev–Trinajstić information content (AvgIpc) is 2.99. The Morgan fingerprint density at radius 1 is 1.42 bits per heavy atom. The molecule has 1 amide bonds. The Labute approximate surface area is 152 Å². The van der Waals surface area contributed by atoms with Gasteiger partial charge >= 0.3 is 0 Å². The van der Waals surface area contributed by atoms with Crippen LogP contribution in [0.4, 0.5) is 5.69 Å². The van der Waals surface area contributed by atoms with Crippen molar-refractivity contribution in [3.05, 3.63) is 23.2 Å². The number of nitrogens with one attached hydrogen (secondary N) is 1. The van der Waals surface area contributed by atoms with E-state index in [-0.39, 0.29) is 18.3 Å². The topological polar surface area (TPSA) is 77.2 Å². The van der Waals surface area contributed by atoms with Crippen LogP contribution in [0.2, 0.25) is 0 Å². The smallest absolute Gasteiger partial charge is 0.232 e. The second kappa shape index (κ2) is 7.78. The van der Waals surface area contributed by atoms with Crippen molar-refractivity contribution in [3.8, 4) is 0 Å². The molecule has 1 aromatic heterocycles. The lowest BCUT2D eigenvalue weighted by molar-refractivity contribution is -0.130. The first-order valence-electron chi connectivity index (χ1n) is 8.04. The van der Waals surface area contributed by atoms with Gasteiger partial charge in [0.15, 0.2) is 0 Å². The molecule has 7 heteroatoms. The minimum absolute atomic E-state index is 0. The van der Waals surface area contributed by atoms with E-state index in [1.165, 1.54) is 0 Å². The van der Waals surface area contributed by atoms with E-state index in [1.807, 2.05) is 18.2 Å². The van der Waals surface area contributed by atoms with E-state index in [9.17, 15) is 4.79 Å². The van der Waals surface area contributed by atoms with Crippen molar-refractivity contribution >= 4 is 45.6 Å². The number of aromatic nitrogens is 1. The maximum atomic E-state index is 12.7. The van der Waals surface area contributed by atoms with Crippen molar-refractivity contribution < 1.29 is 9.53 Å². The van der Waals surface area contributed by atoms with E-state index in [0.29, 0.717) is 38.5 Å². The highest BCUT2D eigenvalue weighted by Gasteiger charge is 2.38. The van der Waals surface area contributed by atoms with Gasteiger partial charge in [-0.15, -0.1) is 23.7 Å². The summed E-state index contributed by atoms with van der Waals surface area (Å²) in [6.07, 6.45) is 1.35. The fourth-order valence-electron chi connectivity index (χ4n) is 2.82. The zero-order valence-corrected chi connectivity index (χ0v) is 15.6. The van der Waals surface area contributed by atoms with E-state index < -0.39 is 5.41 Å². The molecule has 0 radical (unpaired) electrons. The van der Waals surface area contributed by atoms with Gasteiger partial charge in [-0.1, -0.05) is 13.8 Å². The number of carbonyl (C=O) groups is 1. The molecule has 1 aliphatic heterocycles. The Morgan fingerprint density at radius 3 is 2.75 bits per heavy atom. The third kappa shape index (κ3) is 3.72. The Hall–Kier alpha value is -1.21. The van der Waals surface area contributed by atoms with Crippen LogP contribution < -0.4 is 11.1 Å². The molecular formula is C17H24ClN3O2S. The van der Waals surface area contributed by atoms with Crippen molar-refractivity contribution in [2.45, 2.75) is 32.6 Å². The van der Waals surface area contributed by atoms with E-state index in [4.69, 9.17) is 10.5 Å². The maximum absolute atomic E-state index is 12.7. The molecule has 24 heavy (non-hydrogen) atoms. The molecule has 3 N–H and O–H groups in total. The van der Waals surface area contributed by atoms with Crippen LogP contribution in [0.5, 0.6) is 0 Å². The molecule has 3 rings (SSSR count). The van der Waals surface area contributed by atoms with Crippen molar-refractivity contribution in [2.75, 3.05) is 25.1 Å². The summed E-state index contributed by atoms with van der Waals surface area (Å²) in [6.45, 7) is 5.81. The van der Waals surface area contributed by atoms with Gasteiger partial charge in [0.05, 0.1) is 20.6 Å². The van der Waals surface area contributed by atoms with Crippen LogP contribution in [0, 0.1) is 5.41 Å². The fraction of sp³-hybridized carbons (Fsp3) is 0.529. The maximum Gasteiger partial charge on any atom is 0.232 e. The monoisotopic (exact) mass is 369 g/mol. The van der Waals surface area contributed by atoms with Crippen molar-refractivity contribution in [3.63, 3.8) is 0 Å². The van der Waals surface area contributed by atoms with Gasteiger partial charge < -0.3 is 15.8 Å². The summed E-state index contributed by atoms with van der Waals surface area (Å²) in [5, 5.41) is 4.16. The molecule has 5 nitrogen and oxygen atoms in total. The summed E-state index contributed by atoms with van der Waals surface area (Å²) < 4.78 is 6.47. The van der Waals surface area contributed by atoms with Gasteiger partial charge in [-0.3, -0.25) is 4.79 Å². The van der Waals surface area contributed by atoms with Crippen LogP contribution in [0.15, 0.2) is 18.2 Å². The van der Waals surface area contributed by atoms with Crippen molar-refractivity contribution in [2.24, 2.45) is 11.1 Å². The first kappa shape index (κ1) is 19.1. The van der Waals surface area contributed by atoms with Crippen LogP contribution in [0.3, 0.4) is 0 Å². The third-order valence-electron chi connectivity index (χ3n) is 4.48. The second-order valence-corrected chi connectivity index (χ2v) is 7.50. The van der Waals surface area contributed by atoms with Gasteiger partial charge in [-0.05, 0) is 31.0 Å². The Kier molecular flexibility index (Phi) is 6.20. The number of rotatable bonds is 4. The molecule has 2 heterocycles. The van der Waals surface area contributed by atoms with E-state index in [0.717, 1.165) is 20.9 Å². The highest BCUT2D eigenvalue weighted by molar-refractivity contribution is 7.18. The number of anilines is 1. The number of halogens is 1. The number of carbonyl (C=O) groups excluding carboxylic acids is 1. The Bertz CT molecular complexity index is 711. The van der Waals surface area contributed by atoms with Crippen LogP contribution >= 0.6 is 23.7 Å². The quantitative estimate of drug-likeness (QED) is 0.864. The molecule has 132 valence electrons. The predicted molar refractivity (Wildman–Crippen MR) is 101 cm³/mol. The molecule has 1 aliphatic rings. The minimum atomic E-state index is -0.510. The summed E-state index contributed by atoms with van der Waals surface area (Å²) in [6, 6.07) is 5.88. The first-order valence-corrected chi connectivity index (χ1v) is 8.85. The molecule has 1 fully saturated rings. The Balaban J connectivity index is 0.00000208. The van der Waals surface area contributed by atoms with E-state index >= 15 is 0 Å². The zero-order valence-electron chi connectivity index (χ0n) is 14.0. The zero-order chi connectivity index (χ0) is 16.4. The molecule has 0 atom stereocenters. The number of hydrogen-bond acceptors (Lipinski definition) is 5. The number of hydrogen-bond donors (Lipinski definition) is 2. The Morgan fingerprint density at radius 2 is 2.12 bits per heavy atom. The van der Waals surface area contributed by atoms with Gasteiger partial charge in [-0.25, -0.2) is 4.98 Å². The normalized spacial score (nSPS) is 16.8.